The van der Waals surface area contributed by atoms with Crippen molar-refractivity contribution in [2.75, 3.05) is 45.7 Å². The largest absolute Gasteiger partial charge is 0.488 e. The fourth-order valence-electron chi connectivity index (χ4n) is 4.87. The average molecular weight is 532 g/mol. The predicted molar refractivity (Wildman–Crippen MR) is 141 cm³/mol. The molecule has 0 amide bonds. The first-order valence-corrected chi connectivity index (χ1v) is 14.5. The van der Waals surface area contributed by atoms with E-state index in [-0.39, 0.29) is 25.3 Å². The van der Waals surface area contributed by atoms with E-state index in [0.29, 0.717) is 24.5 Å². The van der Waals surface area contributed by atoms with E-state index in [1.54, 1.807) is 6.20 Å². The van der Waals surface area contributed by atoms with Gasteiger partial charge in [-0.2, -0.15) is 22.0 Å². The molecule has 3 aliphatic rings. The van der Waals surface area contributed by atoms with Gasteiger partial charge in [0.05, 0.1) is 31.9 Å². The van der Waals surface area contributed by atoms with Crippen LogP contribution in [0.2, 0.25) is 0 Å². The maximum absolute atomic E-state index is 12.4. The summed E-state index contributed by atoms with van der Waals surface area (Å²) in [6, 6.07) is 8.14. The van der Waals surface area contributed by atoms with Crippen LogP contribution in [0.25, 0.3) is 11.1 Å². The molecule has 10 nitrogen and oxygen atoms in total. The fourth-order valence-corrected chi connectivity index (χ4v) is 6.05. The molecule has 1 saturated carbocycles. The van der Waals surface area contributed by atoms with Crippen LogP contribution < -0.4 is 14.8 Å². The number of hydrogen-bond acceptors (Lipinski definition) is 8. The lowest BCUT2D eigenvalue weighted by atomic mass is 9.87. The van der Waals surface area contributed by atoms with Crippen LogP contribution in [0.3, 0.4) is 0 Å². The van der Waals surface area contributed by atoms with E-state index in [4.69, 9.17) is 19.2 Å². The van der Waals surface area contributed by atoms with Crippen molar-refractivity contribution in [3.05, 3.63) is 30.5 Å². The number of nitrogens with zero attached hydrogens (tertiary/aromatic N) is 4. The maximum Gasteiger partial charge on any atom is 0.281 e. The van der Waals surface area contributed by atoms with Crippen LogP contribution >= 0.6 is 0 Å². The molecule has 2 saturated heterocycles. The van der Waals surface area contributed by atoms with Crippen LogP contribution in [0.15, 0.2) is 30.5 Å². The van der Waals surface area contributed by atoms with Crippen LogP contribution in [-0.4, -0.2) is 85.6 Å². The van der Waals surface area contributed by atoms with Crippen molar-refractivity contribution in [3.8, 4) is 22.8 Å². The van der Waals surface area contributed by atoms with Crippen molar-refractivity contribution >= 4 is 16.2 Å². The van der Waals surface area contributed by atoms with Crippen molar-refractivity contribution in [3.63, 3.8) is 0 Å². The molecule has 3 heterocycles. The zero-order valence-corrected chi connectivity index (χ0v) is 22.6. The minimum absolute atomic E-state index is 0.0845. The molecule has 11 heteroatoms. The first-order valence-electron chi connectivity index (χ1n) is 13.1. The third kappa shape index (κ3) is 6.17. The first-order chi connectivity index (χ1) is 17.8. The van der Waals surface area contributed by atoms with Gasteiger partial charge in [-0.15, -0.1) is 0 Å². The van der Waals surface area contributed by atoms with Gasteiger partial charge in [0.15, 0.2) is 0 Å². The number of benzene rings is 1. The molecule has 1 aromatic carbocycles. The Bertz CT molecular complexity index is 1160. The van der Waals surface area contributed by atoms with E-state index in [0.717, 1.165) is 48.7 Å². The summed E-state index contributed by atoms with van der Waals surface area (Å²) in [5, 5.41) is 3.48. The molecule has 2 aromatic rings. The lowest BCUT2D eigenvalue weighted by molar-refractivity contribution is 0.0693. The van der Waals surface area contributed by atoms with Gasteiger partial charge in [0.2, 0.25) is 11.8 Å². The number of aromatic nitrogens is 2. The first kappa shape index (κ1) is 26.1. The van der Waals surface area contributed by atoms with E-state index in [1.165, 1.54) is 35.5 Å². The summed E-state index contributed by atoms with van der Waals surface area (Å²) in [4.78, 5) is 9.34. The van der Waals surface area contributed by atoms with Crippen LogP contribution in [0.5, 0.6) is 11.6 Å². The Morgan fingerprint density at radius 2 is 1.76 bits per heavy atom. The molecule has 1 aliphatic carbocycles. The SMILES string of the molecule is CN(C)S(=O)(=O)N1CC(Oc2nc(N[C@H]3CC[C@H](C)CC3)ncc2-c2ccc(O[C@@H]3CCOC3)cc2)C1. The molecule has 5 rings (SSSR count). The highest BCUT2D eigenvalue weighted by Gasteiger charge is 2.39. The van der Waals surface area contributed by atoms with Gasteiger partial charge in [-0.05, 0) is 49.3 Å². The number of hydrogen-bond donors (Lipinski definition) is 1. The molecule has 202 valence electrons. The van der Waals surface area contributed by atoms with Crippen molar-refractivity contribution in [2.24, 2.45) is 5.92 Å². The standard InChI is InChI=1S/C26H37N5O5S/c1-18-4-8-20(9-5-18)28-26-27-14-24(19-6-10-21(11-7-19)35-22-12-13-34-17-22)25(29-26)36-23-15-31(16-23)37(32,33)30(2)3/h6-7,10-11,14,18,20,22-23H,4-5,8-9,12-13,15-17H2,1-3H3,(H,27,28,29)/t18-,20-,22-/m1/s1. The monoisotopic (exact) mass is 531 g/mol. The smallest absolute Gasteiger partial charge is 0.281 e. The Balaban J connectivity index is 1.33. The van der Waals surface area contributed by atoms with Gasteiger partial charge in [0.25, 0.3) is 10.2 Å². The van der Waals surface area contributed by atoms with Crippen molar-refractivity contribution in [1.82, 2.24) is 18.6 Å². The Kier molecular flexibility index (Phi) is 7.85. The number of nitrogens with one attached hydrogen (secondary N) is 1. The Morgan fingerprint density at radius 3 is 2.41 bits per heavy atom. The van der Waals surface area contributed by atoms with E-state index in [9.17, 15) is 8.42 Å². The fraction of sp³-hybridized carbons (Fsp3) is 0.615. The van der Waals surface area contributed by atoms with E-state index in [1.807, 2.05) is 24.3 Å². The van der Waals surface area contributed by atoms with Gasteiger partial charge < -0.3 is 19.5 Å². The molecule has 1 aromatic heterocycles. The average Bonchev–Trinajstić information content (AvgIpc) is 3.36. The zero-order chi connectivity index (χ0) is 26.0. The summed E-state index contributed by atoms with van der Waals surface area (Å²) in [5.74, 6) is 2.53. The number of rotatable bonds is 9. The highest BCUT2D eigenvalue weighted by molar-refractivity contribution is 7.86. The van der Waals surface area contributed by atoms with E-state index in [2.05, 4.69) is 17.2 Å². The van der Waals surface area contributed by atoms with Gasteiger partial charge in [-0.25, -0.2) is 4.98 Å². The topological polar surface area (TPSA) is 106 Å². The molecule has 0 spiro atoms. The molecule has 2 aliphatic heterocycles. The van der Waals surface area contributed by atoms with Gasteiger partial charge >= 0.3 is 0 Å². The van der Waals surface area contributed by atoms with E-state index < -0.39 is 10.2 Å². The second-order valence-corrected chi connectivity index (χ2v) is 12.6. The second kappa shape index (κ2) is 11.1. The van der Waals surface area contributed by atoms with Crippen LogP contribution in [0.4, 0.5) is 5.95 Å². The molecule has 37 heavy (non-hydrogen) atoms. The zero-order valence-electron chi connectivity index (χ0n) is 21.8. The highest BCUT2D eigenvalue weighted by atomic mass is 32.2. The third-order valence-electron chi connectivity index (χ3n) is 7.34. The second-order valence-electron chi connectivity index (χ2n) is 10.5. The summed E-state index contributed by atoms with van der Waals surface area (Å²) >= 11 is 0. The van der Waals surface area contributed by atoms with Crippen molar-refractivity contribution in [2.45, 2.75) is 57.3 Å². The Labute approximate surface area is 219 Å². The molecule has 1 atom stereocenters. The Morgan fingerprint density at radius 1 is 1.03 bits per heavy atom. The molecule has 1 N–H and O–H groups in total. The third-order valence-corrected chi connectivity index (χ3v) is 9.21. The lowest BCUT2D eigenvalue weighted by Crippen LogP contribution is -2.58. The minimum atomic E-state index is -3.46. The maximum atomic E-state index is 12.4. The normalized spacial score (nSPS) is 25.1. The molecule has 0 unspecified atom stereocenters. The highest BCUT2D eigenvalue weighted by Crippen LogP contribution is 2.33. The summed E-state index contributed by atoms with van der Waals surface area (Å²) in [6.07, 6.45) is 7.05. The predicted octanol–water partition coefficient (Wildman–Crippen LogP) is 3.17. The van der Waals surface area contributed by atoms with Crippen molar-refractivity contribution in [1.29, 1.82) is 0 Å². The molecule has 3 fully saturated rings. The minimum Gasteiger partial charge on any atom is -0.488 e. The van der Waals surface area contributed by atoms with Gasteiger partial charge in [0.1, 0.15) is 18.0 Å². The molecule has 0 radical (unpaired) electrons. The lowest BCUT2D eigenvalue weighted by Gasteiger charge is -2.38. The van der Waals surface area contributed by atoms with Crippen LogP contribution in [0, 0.1) is 5.92 Å². The van der Waals surface area contributed by atoms with Gasteiger partial charge in [-0.3, -0.25) is 0 Å². The van der Waals surface area contributed by atoms with E-state index >= 15 is 0 Å². The van der Waals surface area contributed by atoms with Gasteiger partial charge in [-0.1, -0.05) is 19.1 Å². The van der Waals surface area contributed by atoms with Crippen LogP contribution in [0.1, 0.15) is 39.0 Å². The Hall–Kier alpha value is -2.47. The molecular weight excluding hydrogens is 494 g/mol. The quantitative estimate of drug-likeness (QED) is 0.526. The van der Waals surface area contributed by atoms with Crippen molar-refractivity contribution < 1.29 is 22.6 Å². The molecule has 0 bridgehead atoms. The summed E-state index contributed by atoms with van der Waals surface area (Å²) in [6.45, 7) is 4.20. The molecular formula is C26H37N5O5S. The van der Waals surface area contributed by atoms with Gasteiger partial charge in [0, 0.05) is 32.8 Å². The number of anilines is 1. The van der Waals surface area contributed by atoms with Crippen LogP contribution in [-0.2, 0) is 14.9 Å². The number of ether oxygens (including phenoxy) is 3. The summed E-state index contributed by atoms with van der Waals surface area (Å²) in [7, 11) is -0.394. The summed E-state index contributed by atoms with van der Waals surface area (Å²) < 4.78 is 45.1. The summed E-state index contributed by atoms with van der Waals surface area (Å²) in [5.41, 5.74) is 1.66.